The van der Waals surface area contributed by atoms with E-state index in [1.54, 1.807) is 30.3 Å². The number of hydrazone groups is 1. The minimum Gasteiger partial charge on any atom is -0.375 e. The number of nitriles is 1. The van der Waals surface area contributed by atoms with Crippen molar-refractivity contribution in [1.82, 2.24) is 20.2 Å². The predicted octanol–water partition coefficient (Wildman–Crippen LogP) is -1.04. The summed E-state index contributed by atoms with van der Waals surface area (Å²) in [7, 11) is 0. The van der Waals surface area contributed by atoms with Gasteiger partial charge < -0.3 is 5.73 Å². The molecule has 2 rings (SSSR count). The van der Waals surface area contributed by atoms with Gasteiger partial charge in [0, 0.05) is 0 Å². The van der Waals surface area contributed by atoms with E-state index in [4.69, 9.17) is 11.0 Å². The van der Waals surface area contributed by atoms with E-state index in [0.717, 1.165) is 4.68 Å². The molecule has 110 valence electrons. The maximum atomic E-state index is 11.7. The summed E-state index contributed by atoms with van der Waals surface area (Å²) in [6, 6.07) is 8.09. The highest BCUT2D eigenvalue weighted by Gasteiger charge is 2.07. The van der Waals surface area contributed by atoms with Crippen LogP contribution in [0.15, 0.2) is 39.0 Å². The van der Waals surface area contributed by atoms with Gasteiger partial charge >= 0.3 is 5.69 Å². The molecule has 0 aliphatic rings. The topological polar surface area (TPSA) is 142 Å². The Morgan fingerprint density at radius 3 is 2.73 bits per heavy atom. The molecule has 0 aliphatic heterocycles. The molecular weight excluding hydrogens is 306 g/mol. The van der Waals surface area contributed by atoms with Crippen LogP contribution in [-0.2, 0) is 0 Å². The first-order valence-corrected chi connectivity index (χ1v) is 6.25. The molecule has 0 unspecified atom stereocenters. The largest absolute Gasteiger partial charge is 0.375 e. The second kappa shape index (κ2) is 6.42. The van der Waals surface area contributed by atoms with Crippen molar-refractivity contribution >= 4 is 23.5 Å². The van der Waals surface area contributed by atoms with Gasteiger partial charge in [-0.25, -0.2) is 4.79 Å². The zero-order valence-electron chi connectivity index (χ0n) is 11.0. The minimum absolute atomic E-state index is 0.0425. The van der Waals surface area contributed by atoms with Gasteiger partial charge in [0.25, 0.3) is 5.56 Å². The van der Waals surface area contributed by atoms with Crippen molar-refractivity contribution < 1.29 is 0 Å². The molecule has 4 N–H and O–H groups in total. The normalized spacial score (nSPS) is 10.3. The fourth-order valence-electron chi connectivity index (χ4n) is 1.52. The fourth-order valence-corrected chi connectivity index (χ4v) is 1.57. The Hall–Kier alpha value is -3.32. The van der Waals surface area contributed by atoms with Crippen molar-refractivity contribution in [2.24, 2.45) is 10.8 Å². The summed E-state index contributed by atoms with van der Waals surface area (Å²) in [5.74, 6) is 0. The predicted molar refractivity (Wildman–Crippen MR) is 82.7 cm³/mol. The number of nitrogens with one attached hydrogen (secondary N) is 2. The van der Waals surface area contributed by atoms with Crippen molar-refractivity contribution in [2.75, 3.05) is 0 Å². The van der Waals surface area contributed by atoms with Gasteiger partial charge in [-0.05, 0) is 29.9 Å². The van der Waals surface area contributed by atoms with Gasteiger partial charge in [-0.15, -0.1) is 5.10 Å². The first-order valence-electron chi connectivity index (χ1n) is 5.84. The number of thiocarbonyl (C=S) groups is 1. The Morgan fingerprint density at radius 2 is 2.14 bits per heavy atom. The van der Waals surface area contributed by atoms with Gasteiger partial charge in [0.15, 0.2) is 5.11 Å². The van der Waals surface area contributed by atoms with E-state index in [9.17, 15) is 9.59 Å². The van der Waals surface area contributed by atoms with E-state index in [1.165, 1.54) is 6.21 Å². The van der Waals surface area contributed by atoms with E-state index in [1.807, 2.05) is 4.98 Å². The van der Waals surface area contributed by atoms with Crippen LogP contribution in [0.5, 0.6) is 0 Å². The van der Waals surface area contributed by atoms with E-state index >= 15 is 0 Å². The van der Waals surface area contributed by atoms with Crippen molar-refractivity contribution in [3.05, 3.63) is 56.4 Å². The fraction of sp³-hybridized carbons (Fsp3) is 0. The lowest BCUT2D eigenvalue weighted by Gasteiger charge is -2.03. The van der Waals surface area contributed by atoms with Crippen molar-refractivity contribution in [1.29, 1.82) is 5.26 Å². The summed E-state index contributed by atoms with van der Waals surface area (Å²) in [5.41, 5.74) is 6.77. The van der Waals surface area contributed by atoms with Crippen molar-refractivity contribution in [2.45, 2.75) is 0 Å². The Morgan fingerprint density at radius 1 is 1.45 bits per heavy atom. The summed E-state index contributed by atoms with van der Waals surface area (Å²) in [6.07, 6.45) is 1.48. The molecular formula is C12H9N7O2S. The Labute approximate surface area is 128 Å². The van der Waals surface area contributed by atoms with Crippen LogP contribution >= 0.6 is 12.2 Å². The van der Waals surface area contributed by atoms with Crippen LogP contribution < -0.4 is 22.4 Å². The smallest absolute Gasteiger partial charge is 0.349 e. The molecule has 0 saturated heterocycles. The van der Waals surface area contributed by atoms with E-state index in [-0.39, 0.29) is 5.11 Å². The standard InChI is InChI=1S/C12H9N7O2S/c13-5-9-10(20)16-12(21)19(18-9)8-3-1-7(2-4-8)6-15-17-11(14)22/h1-4,6H,(H3,14,17,22)(H,16,20,21)/b15-6-. The number of hydrogen-bond acceptors (Lipinski definition) is 6. The first-order chi connectivity index (χ1) is 10.5. The van der Waals surface area contributed by atoms with Gasteiger partial charge in [-0.3, -0.25) is 15.2 Å². The molecule has 1 aromatic carbocycles. The van der Waals surface area contributed by atoms with Gasteiger partial charge in [0.1, 0.15) is 6.07 Å². The summed E-state index contributed by atoms with van der Waals surface area (Å²) >= 11 is 4.60. The van der Waals surface area contributed by atoms with Crippen LogP contribution in [0.4, 0.5) is 0 Å². The minimum atomic E-state index is -0.823. The van der Waals surface area contributed by atoms with Crippen LogP contribution in [0.25, 0.3) is 5.69 Å². The molecule has 10 heteroatoms. The summed E-state index contributed by atoms with van der Waals surface area (Å²) in [6.45, 7) is 0. The molecule has 1 aromatic heterocycles. The average molecular weight is 315 g/mol. The second-order valence-corrected chi connectivity index (χ2v) is 4.40. The lowest BCUT2D eigenvalue weighted by molar-refractivity contribution is 0.740. The highest BCUT2D eigenvalue weighted by atomic mass is 32.1. The van der Waals surface area contributed by atoms with E-state index in [2.05, 4.69) is 27.8 Å². The molecule has 2 aromatic rings. The molecule has 0 radical (unpaired) electrons. The molecule has 0 spiro atoms. The van der Waals surface area contributed by atoms with Crippen molar-refractivity contribution in [3.63, 3.8) is 0 Å². The quantitative estimate of drug-likeness (QED) is 0.373. The maximum Gasteiger partial charge on any atom is 0.349 e. The Kier molecular flexibility index (Phi) is 4.40. The number of nitrogens with two attached hydrogens (primary N) is 1. The zero-order valence-corrected chi connectivity index (χ0v) is 11.8. The number of aromatic amines is 1. The number of hydrogen-bond donors (Lipinski definition) is 3. The third-order valence-electron chi connectivity index (χ3n) is 2.46. The van der Waals surface area contributed by atoms with E-state index in [0.29, 0.717) is 11.3 Å². The highest BCUT2D eigenvalue weighted by molar-refractivity contribution is 7.80. The summed E-state index contributed by atoms with van der Waals surface area (Å²) in [4.78, 5) is 25.0. The van der Waals surface area contributed by atoms with Gasteiger partial charge in [-0.2, -0.15) is 15.0 Å². The first kappa shape index (κ1) is 15.1. The number of nitrogens with zero attached hydrogens (tertiary/aromatic N) is 4. The zero-order chi connectivity index (χ0) is 16.1. The van der Waals surface area contributed by atoms with Gasteiger partial charge in [0.05, 0.1) is 11.9 Å². The number of aromatic nitrogens is 3. The molecule has 0 bridgehead atoms. The highest BCUT2D eigenvalue weighted by Crippen LogP contribution is 2.04. The SMILES string of the molecule is N#Cc1nn(-c2ccc(/C=N\NC(N)=S)cc2)c(=O)[nH]c1=O. The molecule has 0 atom stereocenters. The van der Waals surface area contributed by atoms with Gasteiger partial charge in [-0.1, -0.05) is 12.1 Å². The number of rotatable bonds is 3. The monoisotopic (exact) mass is 315 g/mol. The maximum absolute atomic E-state index is 11.7. The van der Waals surface area contributed by atoms with Crippen LogP contribution in [-0.4, -0.2) is 26.1 Å². The molecule has 0 saturated carbocycles. The summed E-state index contributed by atoms with van der Waals surface area (Å²) < 4.78 is 0.925. The van der Waals surface area contributed by atoms with Crippen LogP contribution in [0.3, 0.4) is 0 Å². The van der Waals surface area contributed by atoms with E-state index < -0.39 is 16.9 Å². The molecule has 9 nitrogen and oxygen atoms in total. The average Bonchev–Trinajstić information content (AvgIpc) is 2.48. The molecule has 0 amide bonds. The molecule has 1 heterocycles. The lowest BCUT2D eigenvalue weighted by atomic mass is 10.2. The Bertz CT molecular complexity index is 889. The molecule has 0 fully saturated rings. The lowest BCUT2D eigenvalue weighted by Crippen LogP contribution is -2.33. The van der Waals surface area contributed by atoms with Crippen LogP contribution in [0.2, 0.25) is 0 Å². The van der Waals surface area contributed by atoms with Crippen LogP contribution in [0, 0.1) is 11.3 Å². The third-order valence-corrected chi connectivity index (χ3v) is 2.55. The van der Waals surface area contributed by atoms with Gasteiger partial charge in [0.2, 0.25) is 5.69 Å². The van der Waals surface area contributed by atoms with Crippen molar-refractivity contribution in [3.8, 4) is 11.8 Å². The summed E-state index contributed by atoms with van der Waals surface area (Å²) in [5, 5.41) is 16.3. The van der Waals surface area contributed by atoms with Crippen LogP contribution in [0.1, 0.15) is 11.3 Å². The number of benzene rings is 1. The molecule has 0 aliphatic carbocycles. The Balaban J connectivity index is 2.34. The molecule has 22 heavy (non-hydrogen) atoms. The number of H-pyrrole nitrogens is 1. The third kappa shape index (κ3) is 3.41. The second-order valence-electron chi connectivity index (χ2n) is 3.96.